The molecule has 0 aromatic rings. The van der Waals surface area contributed by atoms with Crippen LogP contribution in [0.5, 0.6) is 0 Å². The van der Waals surface area contributed by atoms with Crippen molar-refractivity contribution in [3.63, 3.8) is 0 Å². The molecule has 0 aromatic carbocycles. The molecule has 3 saturated heterocycles. The zero-order valence-electron chi connectivity index (χ0n) is 19.5. The first-order chi connectivity index (χ1) is 14.8. The van der Waals surface area contributed by atoms with E-state index in [9.17, 15) is 19.5 Å². The number of nitrogens with zero attached hydrogens (tertiary/aromatic N) is 1. The van der Waals surface area contributed by atoms with Gasteiger partial charge in [-0.2, -0.15) is 0 Å². The molecule has 3 heterocycles. The van der Waals surface area contributed by atoms with Gasteiger partial charge in [0.25, 0.3) is 0 Å². The van der Waals surface area contributed by atoms with E-state index in [0.29, 0.717) is 13.0 Å². The third-order valence-electron chi connectivity index (χ3n) is 7.47. The van der Waals surface area contributed by atoms with Crippen LogP contribution in [-0.4, -0.2) is 69.0 Å². The van der Waals surface area contributed by atoms with Crippen LogP contribution in [-0.2, 0) is 14.4 Å². The van der Waals surface area contributed by atoms with Crippen LogP contribution in [0.2, 0.25) is 0 Å². The lowest BCUT2D eigenvalue weighted by molar-refractivity contribution is -0.143. The number of hydrogen-bond donors (Lipinski definition) is 3. The topological polar surface area (TPSA) is 98.7 Å². The van der Waals surface area contributed by atoms with E-state index in [1.807, 2.05) is 20.8 Å². The summed E-state index contributed by atoms with van der Waals surface area (Å²) in [6, 6.07) is -1.06. The van der Waals surface area contributed by atoms with E-state index in [1.165, 1.54) is 0 Å². The van der Waals surface area contributed by atoms with E-state index in [4.69, 9.17) is 0 Å². The summed E-state index contributed by atoms with van der Waals surface area (Å²) in [6.07, 6.45) is 4.06. The lowest BCUT2D eigenvalue weighted by Gasteiger charge is -2.40. The van der Waals surface area contributed by atoms with Crippen LogP contribution < -0.4 is 10.6 Å². The molecule has 4 unspecified atom stereocenters. The number of fused-ring (bicyclic) bond motifs is 1. The Morgan fingerprint density at radius 2 is 1.97 bits per heavy atom. The summed E-state index contributed by atoms with van der Waals surface area (Å²) in [7, 11) is 0. The van der Waals surface area contributed by atoms with Gasteiger partial charge in [0, 0.05) is 17.8 Å². The monoisotopic (exact) mass is 453 g/mol. The molecular weight excluding hydrogens is 414 g/mol. The van der Waals surface area contributed by atoms with E-state index in [0.717, 1.165) is 25.7 Å². The SMILES string of the molecule is CCCNC(=O)[C@@H]1[C@H]2C(=O)N([C@@H](CC)CO)C(C(=O)NC(C)CCC)C23S[C@@H]1CC3C. The Hall–Kier alpha value is -1.28. The van der Waals surface area contributed by atoms with Gasteiger partial charge in [-0.25, -0.2) is 0 Å². The van der Waals surface area contributed by atoms with Gasteiger partial charge < -0.3 is 20.6 Å². The van der Waals surface area contributed by atoms with Crippen molar-refractivity contribution in [1.29, 1.82) is 0 Å². The lowest BCUT2D eigenvalue weighted by atomic mass is 9.66. The van der Waals surface area contributed by atoms with Crippen molar-refractivity contribution in [3.05, 3.63) is 0 Å². The second-order valence-electron chi connectivity index (χ2n) is 9.53. The van der Waals surface area contributed by atoms with Crippen LogP contribution >= 0.6 is 11.8 Å². The number of aliphatic hydroxyl groups excluding tert-OH is 1. The van der Waals surface area contributed by atoms with Gasteiger partial charge in [0.05, 0.1) is 29.2 Å². The molecule has 0 saturated carbocycles. The Balaban J connectivity index is 2.02. The molecule has 3 aliphatic heterocycles. The Bertz CT molecular complexity index is 700. The Kier molecular flexibility index (Phi) is 7.62. The third-order valence-corrected chi connectivity index (χ3v) is 9.55. The van der Waals surface area contributed by atoms with Gasteiger partial charge in [0.2, 0.25) is 17.7 Å². The van der Waals surface area contributed by atoms with E-state index < -0.39 is 28.7 Å². The average molecular weight is 454 g/mol. The minimum absolute atomic E-state index is 0.0154. The molecule has 3 fully saturated rings. The first kappa shape index (κ1) is 24.4. The molecule has 8 heteroatoms. The van der Waals surface area contributed by atoms with Crippen LogP contribution in [0.15, 0.2) is 0 Å². The first-order valence-corrected chi connectivity index (χ1v) is 12.8. The number of aliphatic hydroxyl groups is 1. The van der Waals surface area contributed by atoms with Crippen molar-refractivity contribution in [2.45, 2.75) is 94.8 Å². The zero-order chi connectivity index (χ0) is 22.9. The van der Waals surface area contributed by atoms with E-state index in [2.05, 4.69) is 24.5 Å². The average Bonchev–Trinajstić information content (AvgIpc) is 3.31. The molecule has 7 nitrogen and oxygen atoms in total. The standard InChI is InChI=1S/C23H39N3O4S/c1-6-9-14(5)25-21(29)19-23-13(4)11-16(31-23)17(20(28)24-10-7-2)18(23)22(30)26(19)15(8-3)12-27/h13-19,27H,6-12H2,1-5H3,(H,24,28)(H,25,29)/t13?,14?,15-,16+,17-,18-,19?,23?/m0/s1. The van der Waals surface area contributed by atoms with Crippen molar-refractivity contribution >= 4 is 29.5 Å². The second-order valence-corrected chi connectivity index (χ2v) is 11.1. The summed E-state index contributed by atoms with van der Waals surface area (Å²) in [5.41, 5.74) is 0. The fourth-order valence-electron chi connectivity index (χ4n) is 6.06. The highest BCUT2D eigenvalue weighted by atomic mass is 32.2. The van der Waals surface area contributed by atoms with E-state index in [-0.39, 0.29) is 41.5 Å². The van der Waals surface area contributed by atoms with Crippen molar-refractivity contribution in [1.82, 2.24) is 15.5 Å². The van der Waals surface area contributed by atoms with Crippen LogP contribution in [0.25, 0.3) is 0 Å². The van der Waals surface area contributed by atoms with Gasteiger partial charge in [-0.3, -0.25) is 14.4 Å². The molecule has 8 atom stereocenters. The number of carbonyl (C=O) groups excluding carboxylic acids is 3. The van der Waals surface area contributed by atoms with Crippen molar-refractivity contribution < 1.29 is 19.5 Å². The second kappa shape index (κ2) is 9.69. The largest absolute Gasteiger partial charge is 0.394 e. The van der Waals surface area contributed by atoms with Crippen LogP contribution in [0.4, 0.5) is 0 Å². The van der Waals surface area contributed by atoms with Gasteiger partial charge in [-0.15, -0.1) is 11.8 Å². The van der Waals surface area contributed by atoms with Gasteiger partial charge in [0.15, 0.2) is 0 Å². The minimum Gasteiger partial charge on any atom is -0.394 e. The molecular formula is C23H39N3O4S. The molecule has 0 aliphatic carbocycles. The Morgan fingerprint density at radius 1 is 1.26 bits per heavy atom. The Labute approximate surface area is 190 Å². The first-order valence-electron chi connectivity index (χ1n) is 12.0. The van der Waals surface area contributed by atoms with Crippen molar-refractivity contribution in [3.8, 4) is 0 Å². The van der Waals surface area contributed by atoms with Gasteiger partial charge >= 0.3 is 0 Å². The van der Waals surface area contributed by atoms with Gasteiger partial charge in [-0.05, 0) is 38.5 Å². The molecule has 3 rings (SSSR count). The van der Waals surface area contributed by atoms with Gasteiger partial charge in [-0.1, -0.05) is 34.1 Å². The zero-order valence-corrected chi connectivity index (χ0v) is 20.3. The predicted molar refractivity (Wildman–Crippen MR) is 122 cm³/mol. The number of rotatable bonds is 10. The summed E-state index contributed by atoms with van der Waals surface area (Å²) >= 11 is 1.68. The molecule has 1 spiro atoms. The quantitative estimate of drug-likeness (QED) is 0.469. The number of carbonyl (C=O) groups is 3. The highest BCUT2D eigenvalue weighted by molar-refractivity contribution is 8.02. The number of hydrogen-bond acceptors (Lipinski definition) is 5. The number of amides is 3. The normalized spacial score (nSPS) is 35.7. The fourth-order valence-corrected chi connectivity index (χ4v) is 8.47. The molecule has 3 N–H and O–H groups in total. The third kappa shape index (κ3) is 3.88. The highest BCUT2D eigenvalue weighted by Crippen LogP contribution is 2.68. The fraction of sp³-hybridized carbons (Fsp3) is 0.870. The molecule has 0 aromatic heterocycles. The van der Waals surface area contributed by atoms with Crippen LogP contribution in [0.1, 0.15) is 66.7 Å². The van der Waals surface area contributed by atoms with Crippen LogP contribution in [0.3, 0.4) is 0 Å². The maximum atomic E-state index is 13.8. The maximum Gasteiger partial charge on any atom is 0.244 e. The predicted octanol–water partition coefficient (Wildman–Crippen LogP) is 1.93. The summed E-state index contributed by atoms with van der Waals surface area (Å²) in [6.45, 7) is 10.5. The highest BCUT2D eigenvalue weighted by Gasteiger charge is 2.76. The smallest absolute Gasteiger partial charge is 0.244 e. The maximum absolute atomic E-state index is 13.8. The summed E-state index contributed by atoms with van der Waals surface area (Å²) in [5, 5.41) is 16.2. The molecule has 3 amide bonds. The lowest BCUT2D eigenvalue weighted by Crippen LogP contribution is -2.59. The Morgan fingerprint density at radius 3 is 2.55 bits per heavy atom. The molecule has 176 valence electrons. The molecule has 31 heavy (non-hydrogen) atoms. The molecule has 0 radical (unpaired) electrons. The number of thioether (sulfide) groups is 1. The number of likely N-dealkylation sites (tertiary alicyclic amines) is 1. The number of nitrogens with one attached hydrogen (secondary N) is 2. The molecule has 2 bridgehead atoms. The summed E-state index contributed by atoms with van der Waals surface area (Å²) < 4.78 is -0.616. The van der Waals surface area contributed by atoms with Crippen molar-refractivity contribution in [2.24, 2.45) is 17.8 Å². The van der Waals surface area contributed by atoms with Gasteiger partial charge in [0.1, 0.15) is 6.04 Å². The van der Waals surface area contributed by atoms with E-state index in [1.54, 1.807) is 16.7 Å². The summed E-state index contributed by atoms with van der Waals surface area (Å²) in [4.78, 5) is 42.2. The van der Waals surface area contributed by atoms with Crippen molar-refractivity contribution in [2.75, 3.05) is 13.2 Å². The molecule has 3 aliphatic rings. The summed E-state index contributed by atoms with van der Waals surface area (Å²) in [5.74, 6) is -1.12. The van der Waals surface area contributed by atoms with E-state index >= 15 is 0 Å². The minimum atomic E-state index is -0.657. The van der Waals surface area contributed by atoms with Crippen LogP contribution in [0, 0.1) is 17.8 Å².